The fourth-order valence-electron chi connectivity index (χ4n) is 1.97. The molecule has 0 radical (unpaired) electrons. The molecule has 0 spiro atoms. The van der Waals surface area contributed by atoms with E-state index in [1.807, 2.05) is 12.1 Å². The molecule has 0 aliphatic rings. The van der Waals surface area contributed by atoms with Gasteiger partial charge in [0.15, 0.2) is 5.69 Å². The zero-order valence-electron chi connectivity index (χ0n) is 12.6. The van der Waals surface area contributed by atoms with Crippen LogP contribution >= 0.6 is 11.6 Å². The first-order valence-corrected chi connectivity index (χ1v) is 7.62. The van der Waals surface area contributed by atoms with Gasteiger partial charge in [0.25, 0.3) is 5.91 Å². The topological polar surface area (TPSA) is 79.8 Å². The molecule has 2 aromatic heterocycles. The fourth-order valence-corrected chi connectivity index (χ4v) is 2.10. The lowest BCUT2D eigenvalue weighted by molar-refractivity contribution is 0.102. The Morgan fingerprint density at radius 1 is 0.958 bits per heavy atom. The number of rotatable bonds is 5. The van der Waals surface area contributed by atoms with Crippen molar-refractivity contribution in [2.24, 2.45) is 0 Å². The second-order valence-corrected chi connectivity index (χ2v) is 5.41. The molecule has 0 aliphatic carbocycles. The third-order valence-corrected chi connectivity index (χ3v) is 3.47. The van der Waals surface area contributed by atoms with Crippen molar-refractivity contribution in [3.05, 3.63) is 77.2 Å². The van der Waals surface area contributed by atoms with Crippen molar-refractivity contribution < 1.29 is 4.79 Å². The van der Waals surface area contributed by atoms with Crippen LogP contribution in [0.4, 0.5) is 11.5 Å². The Morgan fingerprint density at radius 2 is 1.71 bits per heavy atom. The van der Waals surface area contributed by atoms with Gasteiger partial charge in [0.05, 0.1) is 0 Å². The number of carbonyl (C=O) groups excluding carboxylic acids is 1. The van der Waals surface area contributed by atoms with E-state index < -0.39 is 0 Å². The Kier molecular flexibility index (Phi) is 4.98. The Morgan fingerprint density at radius 3 is 2.38 bits per heavy atom. The summed E-state index contributed by atoms with van der Waals surface area (Å²) in [6, 6.07) is 14.0. The van der Waals surface area contributed by atoms with Gasteiger partial charge in [-0.15, -0.1) is 10.2 Å². The number of halogens is 1. The highest BCUT2D eigenvalue weighted by Crippen LogP contribution is 2.14. The molecular formula is C17H14ClN5O. The van der Waals surface area contributed by atoms with Gasteiger partial charge >= 0.3 is 0 Å². The average molecular weight is 340 g/mol. The summed E-state index contributed by atoms with van der Waals surface area (Å²) < 4.78 is 0. The largest absolute Gasteiger partial charge is 0.365 e. The monoisotopic (exact) mass is 339 g/mol. The van der Waals surface area contributed by atoms with Gasteiger partial charge in [-0.25, -0.2) is 0 Å². The van der Waals surface area contributed by atoms with Crippen LogP contribution < -0.4 is 10.6 Å². The van der Waals surface area contributed by atoms with Crippen molar-refractivity contribution in [2.75, 3.05) is 10.6 Å². The Labute approximate surface area is 143 Å². The van der Waals surface area contributed by atoms with Crippen LogP contribution in [0.15, 0.2) is 60.9 Å². The van der Waals surface area contributed by atoms with Gasteiger partial charge in [-0.05, 0) is 54.1 Å². The average Bonchev–Trinajstić information content (AvgIpc) is 2.63. The number of amides is 1. The molecular weight excluding hydrogens is 326 g/mol. The molecule has 1 aromatic carbocycles. The first kappa shape index (κ1) is 15.9. The first-order chi connectivity index (χ1) is 11.7. The summed E-state index contributed by atoms with van der Waals surface area (Å²) in [7, 11) is 0. The molecule has 0 bridgehead atoms. The molecule has 0 atom stereocenters. The number of hydrogen-bond acceptors (Lipinski definition) is 5. The zero-order chi connectivity index (χ0) is 16.8. The zero-order valence-corrected chi connectivity index (χ0v) is 13.4. The Hall–Kier alpha value is -2.99. The molecule has 24 heavy (non-hydrogen) atoms. The lowest BCUT2D eigenvalue weighted by atomic mass is 10.2. The fraction of sp³-hybridized carbons (Fsp3) is 0.0588. The molecule has 2 N–H and O–H groups in total. The quantitative estimate of drug-likeness (QED) is 0.744. The standard InChI is InChI=1S/C17H14ClN5O/c18-13-1-3-14(4-2-13)21-17(24)15-5-6-16(23-22-15)20-11-12-7-9-19-10-8-12/h1-10H,11H2,(H,20,23)(H,21,24). The predicted molar refractivity (Wildman–Crippen MR) is 93.0 cm³/mol. The smallest absolute Gasteiger partial charge is 0.276 e. The van der Waals surface area contributed by atoms with Crippen molar-refractivity contribution in [3.63, 3.8) is 0 Å². The molecule has 0 fully saturated rings. The van der Waals surface area contributed by atoms with Crippen LogP contribution in [0, 0.1) is 0 Å². The third-order valence-electron chi connectivity index (χ3n) is 3.22. The van der Waals surface area contributed by atoms with Crippen LogP contribution in [0.1, 0.15) is 16.1 Å². The summed E-state index contributed by atoms with van der Waals surface area (Å²) >= 11 is 5.81. The van der Waals surface area contributed by atoms with Crippen LogP contribution in [-0.2, 0) is 6.54 Å². The van der Waals surface area contributed by atoms with Crippen molar-refractivity contribution >= 4 is 29.0 Å². The summed E-state index contributed by atoms with van der Waals surface area (Å²) in [6.07, 6.45) is 3.46. The molecule has 0 saturated heterocycles. The first-order valence-electron chi connectivity index (χ1n) is 7.24. The van der Waals surface area contributed by atoms with E-state index in [1.165, 1.54) is 0 Å². The number of hydrogen-bond donors (Lipinski definition) is 2. The van der Waals surface area contributed by atoms with E-state index in [2.05, 4.69) is 25.8 Å². The minimum atomic E-state index is -0.328. The van der Waals surface area contributed by atoms with Crippen molar-refractivity contribution in [1.29, 1.82) is 0 Å². The third kappa shape index (κ3) is 4.27. The SMILES string of the molecule is O=C(Nc1ccc(Cl)cc1)c1ccc(NCc2ccncc2)nn1. The molecule has 6 nitrogen and oxygen atoms in total. The van der Waals surface area contributed by atoms with Crippen LogP contribution in [-0.4, -0.2) is 21.1 Å². The lowest BCUT2D eigenvalue weighted by Crippen LogP contribution is -2.14. The van der Waals surface area contributed by atoms with Crippen molar-refractivity contribution in [2.45, 2.75) is 6.54 Å². The molecule has 1 amide bonds. The van der Waals surface area contributed by atoms with Gasteiger partial charge < -0.3 is 10.6 Å². The predicted octanol–water partition coefficient (Wildman–Crippen LogP) is 3.39. The normalized spacial score (nSPS) is 10.2. The number of aromatic nitrogens is 3. The van der Waals surface area contributed by atoms with Gasteiger partial charge in [-0.3, -0.25) is 9.78 Å². The molecule has 2 heterocycles. The van der Waals surface area contributed by atoms with Gasteiger partial charge in [-0.2, -0.15) is 0 Å². The second kappa shape index (κ2) is 7.52. The molecule has 3 aromatic rings. The van der Waals surface area contributed by atoms with Crippen LogP contribution in [0.2, 0.25) is 5.02 Å². The Balaban J connectivity index is 1.59. The van der Waals surface area contributed by atoms with Crippen LogP contribution in [0.25, 0.3) is 0 Å². The van der Waals surface area contributed by atoms with E-state index in [0.29, 0.717) is 23.1 Å². The van der Waals surface area contributed by atoms with Gasteiger partial charge in [0.2, 0.25) is 0 Å². The summed E-state index contributed by atoms with van der Waals surface area (Å²) in [5.74, 6) is 0.264. The van der Waals surface area contributed by atoms with Crippen LogP contribution in [0.3, 0.4) is 0 Å². The van der Waals surface area contributed by atoms with E-state index in [4.69, 9.17) is 11.6 Å². The summed E-state index contributed by atoms with van der Waals surface area (Å²) in [5, 5.41) is 14.4. The summed E-state index contributed by atoms with van der Waals surface area (Å²) in [5.41, 5.74) is 1.96. The summed E-state index contributed by atoms with van der Waals surface area (Å²) in [6.45, 7) is 0.605. The maximum atomic E-state index is 12.1. The number of carbonyl (C=O) groups is 1. The van der Waals surface area contributed by atoms with Crippen molar-refractivity contribution in [1.82, 2.24) is 15.2 Å². The highest BCUT2D eigenvalue weighted by molar-refractivity contribution is 6.30. The van der Waals surface area contributed by atoms with Gasteiger partial charge in [0.1, 0.15) is 5.82 Å². The molecule has 0 saturated carbocycles. The molecule has 3 rings (SSSR count). The highest BCUT2D eigenvalue weighted by Gasteiger charge is 2.08. The Bertz CT molecular complexity index is 807. The number of nitrogens with zero attached hydrogens (tertiary/aromatic N) is 3. The highest BCUT2D eigenvalue weighted by atomic mass is 35.5. The molecule has 0 unspecified atom stereocenters. The second-order valence-electron chi connectivity index (χ2n) is 4.97. The number of nitrogens with one attached hydrogen (secondary N) is 2. The summed E-state index contributed by atoms with van der Waals surface area (Å²) in [4.78, 5) is 16.1. The minimum absolute atomic E-state index is 0.236. The van der Waals surface area contributed by atoms with E-state index in [-0.39, 0.29) is 11.6 Å². The number of pyridine rings is 1. The van der Waals surface area contributed by atoms with Gasteiger partial charge in [-0.1, -0.05) is 11.6 Å². The number of anilines is 2. The van der Waals surface area contributed by atoms with Gasteiger partial charge in [0, 0.05) is 29.6 Å². The van der Waals surface area contributed by atoms with E-state index >= 15 is 0 Å². The molecule has 120 valence electrons. The van der Waals surface area contributed by atoms with E-state index in [0.717, 1.165) is 5.56 Å². The maximum Gasteiger partial charge on any atom is 0.276 e. The minimum Gasteiger partial charge on any atom is -0.365 e. The molecule has 7 heteroatoms. The van der Waals surface area contributed by atoms with Crippen LogP contribution in [0.5, 0.6) is 0 Å². The van der Waals surface area contributed by atoms with E-state index in [1.54, 1.807) is 48.8 Å². The molecule has 0 aliphatic heterocycles. The lowest BCUT2D eigenvalue weighted by Gasteiger charge is -2.06. The maximum absolute atomic E-state index is 12.1. The van der Waals surface area contributed by atoms with Crippen molar-refractivity contribution in [3.8, 4) is 0 Å². The van der Waals surface area contributed by atoms with E-state index in [9.17, 15) is 4.79 Å². The number of benzene rings is 1.